The maximum atomic E-state index is 13.0. The molecule has 0 unspecified atom stereocenters. The summed E-state index contributed by atoms with van der Waals surface area (Å²) < 4.78 is 1.65. The molecule has 0 fully saturated rings. The Morgan fingerprint density at radius 1 is 1.22 bits per heavy atom. The van der Waals surface area contributed by atoms with Gasteiger partial charge in [0.05, 0.1) is 22.8 Å². The van der Waals surface area contributed by atoms with Gasteiger partial charge >= 0.3 is 0 Å². The van der Waals surface area contributed by atoms with E-state index >= 15 is 0 Å². The molecule has 1 amide bonds. The number of amides is 1. The number of carbonyl (C=O) groups excluding carboxylic acids is 1. The van der Waals surface area contributed by atoms with Crippen molar-refractivity contribution in [2.45, 2.75) is 40.3 Å². The fourth-order valence-electron chi connectivity index (χ4n) is 3.17. The minimum Gasteiger partial charge on any atom is -0.329 e. The minimum absolute atomic E-state index is 0. The van der Waals surface area contributed by atoms with Gasteiger partial charge in [-0.2, -0.15) is 4.68 Å². The van der Waals surface area contributed by atoms with E-state index in [9.17, 15) is 4.79 Å². The minimum atomic E-state index is -0.0950. The molecule has 1 aromatic carbocycles. The standard InChI is InChI=1S/C18H17ClN6O.CH4/c1-11-5-3-6-13(16(11)19)17(26)24-10-14-15(9-12(24)2)25(23-22-14)18-20-7-4-8-21-18;/h3-8,12H,9-10H2,1-2H3;1H4/t12-;/m0./s1. The zero-order valence-electron chi connectivity index (χ0n) is 14.4. The lowest BCUT2D eigenvalue weighted by Gasteiger charge is -2.33. The smallest absolute Gasteiger partial charge is 0.255 e. The van der Waals surface area contributed by atoms with Crippen molar-refractivity contribution in [1.82, 2.24) is 29.9 Å². The van der Waals surface area contributed by atoms with E-state index < -0.39 is 0 Å². The summed E-state index contributed by atoms with van der Waals surface area (Å²) in [6.07, 6.45) is 3.95. The molecule has 0 saturated carbocycles. The van der Waals surface area contributed by atoms with Crippen molar-refractivity contribution in [3.05, 3.63) is 64.2 Å². The lowest BCUT2D eigenvalue weighted by molar-refractivity contribution is 0.0653. The van der Waals surface area contributed by atoms with E-state index in [1.54, 1.807) is 34.1 Å². The van der Waals surface area contributed by atoms with Gasteiger partial charge in [0, 0.05) is 24.9 Å². The number of fused-ring (bicyclic) bond motifs is 1. The van der Waals surface area contributed by atoms with Gasteiger partial charge in [-0.15, -0.1) is 5.10 Å². The van der Waals surface area contributed by atoms with Crippen LogP contribution in [0.25, 0.3) is 5.95 Å². The molecule has 3 heterocycles. The van der Waals surface area contributed by atoms with E-state index in [0.717, 1.165) is 17.0 Å². The summed E-state index contributed by atoms with van der Waals surface area (Å²) in [5, 5.41) is 8.92. The molecule has 8 heteroatoms. The number of hydrogen-bond donors (Lipinski definition) is 0. The summed E-state index contributed by atoms with van der Waals surface area (Å²) in [7, 11) is 0. The maximum Gasteiger partial charge on any atom is 0.255 e. The van der Waals surface area contributed by atoms with Crippen molar-refractivity contribution in [2.75, 3.05) is 0 Å². The number of rotatable bonds is 2. The molecule has 2 aromatic heterocycles. The summed E-state index contributed by atoms with van der Waals surface area (Å²) >= 11 is 6.34. The zero-order chi connectivity index (χ0) is 18.3. The van der Waals surface area contributed by atoms with Gasteiger partial charge in [-0.05, 0) is 31.5 Å². The predicted molar refractivity (Wildman–Crippen MR) is 103 cm³/mol. The number of carbonyl (C=O) groups is 1. The summed E-state index contributed by atoms with van der Waals surface area (Å²) in [5.74, 6) is 0.386. The molecule has 27 heavy (non-hydrogen) atoms. The van der Waals surface area contributed by atoms with Gasteiger partial charge in [0.2, 0.25) is 0 Å². The quantitative estimate of drug-likeness (QED) is 0.677. The summed E-state index contributed by atoms with van der Waals surface area (Å²) in [4.78, 5) is 23.3. The molecule has 1 atom stereocenters. The van der Waals surface area contributed by atoms with Gasteiger partial charge in [-0.1, -0.05) is 36.4 Å². The monoisotopic (exact) mass is 384 g/mol. The first kappa shape index (κ1) is 19.0. The Hall–Kier alpha value is -2.80. The predicted octanol–water partition coefficient (Wildman–Crippen LogP) is 3.24. The first-order valence-electron chi connectivity index (χ1n) is 8.33. The molecule has 0 N–H and O–H groups in total. The molecule has 1 aliphatic rings. The Kier molecular flexibility index (Phi) is 5.23. The lowest BCUT2D eigenvalue weighted by atomic mass is 10.0. The van der Waals surface area contributed by atoms with Crippen molar-refractivity contribution in [3.8, 4) is 5.95 Å². The summed E-state index contributed by atoms with van der Waals surface area (Å²) in [5.41, 5.74) is 3.09. The van der Waals surface area contributed by atoms with Gasteiger partial charge in [0.1, 0.15) is 5.69 Å². The van der Waals surface area contributed by atoms with Crippen molar-refractivity contribution in [2.24, 2.45) is 0 Å². The molecule has 140 valence electrons. The van der Waals surface area contributed by atoms with Gasteiger partial charge in [0.25, 0.3) is 11.9 Å². The fraction of sp³-hybridized carbons (Fsp3) is 0.316. The highest BCUT2D eigenvalue weighted by molar-refractivity contribution is 6.34. The Morgan fingerprint density at radius 3 is 2.70 bits per heavy atom. The van der Waals surface area contributed by atoms with E-state index in [1.165, 1.54) is 0 Å². The van der Waals surface area contributed by atoms with Crippen LogP contribution in [0.2, 0.25) is 5.02 Å². The Morgan fingerprint density at radius 2 is 1.96 bits per heavy atom. The highest BCUT2D eigenvalue weighted by Crippen LogP contribution is 2.27. The highest BCUT2D eigenvalue weighted by atomic mass is 35.5. The van der Waals surface area contributed by atoms with Crippen LogP contribution in [0.1, 0.15) is 41.7 Å². The number of aromatic nitrogens is 5. The molecule has 1 aliphatic heterocycles. The number of hydrogen-bond acceptors (Lipinski definition) is 5. The second kappa shape index (κ2) is 7.44. The highest BCUT2D eigenvalue weighted by Gasteiger charge is 2.32. The van der Waals surface area contributed by atoms with Gasteiger partial charge in [-0.3, -0.25) is 4.79 Å². The van der Waals surface area contributed by atoms with E-state index in [-0.39, 0.29) is 19.4 Å². The SMILES string of the molecule is C.Cc1cccc(C(=O)N2Cc3nnn(-c4ncccn4)c3C[C@@H]2C)c1Cl. The van der Waals surface area contributed by atoms with Crippen molar-refractivity contribution >= 4 is 17.5 Å². The van der Waals surface area contributed by atoms with Crippen LogP contribution in [0, 0.1) is 6.92 Å². The van der Waals surface area contributed by atoms with Crippen LogP contribution in [0.3, 0.4) is 0 Å². The Balaban J connectivity index is 0.00000210. The molecular weight excluding hydrogens is 364 g/mol. The Bertz CT molecular complexity index is 972. The van der Waals surface area contributed by atoms with Crippen LogP contribution < -0.4 is 0 Å². The molecule has 0 saturated heterocycles. The summed E-state index contributed by atoms with van der Waals surface area (Å²) in [6, 6.07) is 7.23. The van der Waals surface area contributed by atoms with Gasteiger partial charge < -0.3 is 4.90 Å². The first-order chi connectivity index (χ1) is 12.6. The topological polar surface area (TPSA) is 76.8 Å². The van der Waals surface area contributed by atoms with Crippen molar-refractivity contribution in [3.63, 3.8) is 0 Å². The molecule has 4 rings (SSSR count). The van der Waals surface area contributed by atoms with Crippen LogP contribution in [0.15, 0.2) is 36.7 Å². The van der Waals surface area contributed by atoms with E-state index in [1.807, 2.05) is 26.0 Å². The van der Waals surface area contributed by atoms with Crippen molar-refractivity contribution < 1.29 is 4.79 Å². The number of halogens is 1. The van der Waals surface area contributed by atoms with E-state index in [4.69, 9.17) is 11.6 Å². The molecule has 0 bridgehead atoms. The van der Waals surface area contributed by atoms with E-state index in [2.05, 4.69) is 20.3 Å². The number of nitrogens with zero attached hydrogens (tertiary/aromatic N) is 6. The third-order valence-corrected chi connectivity index (χ3v) is 5.11. The molecule has 0 radical (unpaired) electrons. The average Bonchev–Trinajstić information content (AvgIpc) is 3.06. The van der Waals surface area contributed by atoms with Gasteiger partial charge in [0.15, 0.2) is 0 Å². The van der Waals surface area contributed by atoms with E-state index in [0.29, 0.717) is 29.5 Å². The zero-order valence-corrected chi connectivity index (χ0v) is 15.2. The molecule has 0 aliphatic carbocycles. The van der Waals surface area contributed by atoms with Gasteiger partial charge in [-0.25, -0.2) is 9.97 Å². The maximum absolute atomic E-state index is 13.0. The van der Waals surface area contributed by atoms with Crippen LogP contribution in [0.5, 0.6) is 0 Å². The second-order valence-corrected chi connectivity index (χ2v) is 6.74. The van der Waals surface area contributed by atoms with Crippen LogP contribution in [0.4, 0.5) is 0 Å². The molecular formula is C19H21ClN6O. The molecule has 7 nitrogen and oxygen atoms in total. The number of aryl methyl sites for hydroxylation is 1. The first-order valence-corrected chi connectivity index (χ1v) is 8.71. The largest absolute Gasteiger partial charge is 0.329 e. The van der Waals surface area contributed by atoms with Crippen LogP contribution in [-0.4, -0.2) is 41.8 Å². The number of benzene rings is 1. The second-order valence-electron chi connectivity index (χ2n) is 6.37. The third kappa shape index (κ3) is 3.30. The molecule has 0 spiro atoms. The summed E-state index contributed by atoms with van der Waals surface area (Å²) in [6.45, 7) is 4.28. The third-order valence-electron chi connectivity index (χ3n) is 4.61. The average molecular weight is 385 g/mol. The molecule has 3 aromatic rings. The van der Waals surface area contributed by atoms with Crippen LogP contribution >= 0.6 is 11.6 Å². The lowest BCUT2D eigenvalue weighted by Crippen LogP contribution is -2.43. The Labute approximate surface area is 163 Å². The van der Waals surface area contributed by atoms with Crippen molar-refractivity contribution in [1.29, 1.82) is 0 Å². The normalized spacial score (nSPS) is 15.8. The fourth-order valence-corrected chi connectivity index (χ4v) is 3.37. The van der Waals surface area contributed by atoms with Crippen LogP contribution in [-0.2, 0) is 13.0 Å².